The number of ether oxygens (including phenoxy) is 2. The van der Waals surface area contributed by atoms with Gasteiger partial charge in [0.15, 0.2) is 0 Å². The molecule has 170 valence electrons. The summed E-state index contributed by atoms with van der Waals surface area (Å²) < 4.78 is 16.5. The number of rotatable bonds is 7. The molecule has 4 rings (SSSR count). The molecular weight excluding hydrogens is 446 g/mol. The molecule has 3 aromatic rings. The first kappa shape index (κ1) is 22.5. The molecule has 1 aliphatic rings. The lowest BCUT2D eigenvalue weighted by Crippen LogP contribution is -2.29. The molecule has 0 saturated carbocycles. The first-order valence-electron chi connectivity index (χ1n) is 10.3. The summed E-state index contributed by atoms with van der Waals surface area (Å²) in [6.45, 7) is 2.31. The van der Waals surface area contributed by atoms with Gasteiger partial charge in [-0.25, -0.2) is 0 Å². The number of hydrogen-bond donors (Lipinski definition) is 1. The number of carbonyl (C=O) groups excluding carboxylic acids is 2. The summed E-state index contributed by atoms with van der Waals surface area (Å²) in [7, 11) is 1.53. The summed E-state index contributed by atoms with van der Waals surface area (Å²) in [4.78, 5) is 27.6. The Kier molecular flexibility index (Phi) is 6.42. The van der Waals surface area contributed by atoms with Crippen LogP contribution in [0.4, 0.5) is 0 Å². The van der Waals surface area contributed by atoms with Crippen LogP contribution in [0.15, 0.2) is 70.9 Å². The number of amides is 1. The summed E-state index contributed by atoms with van der Waals surface area (Å²) in [5.41, 5.74) is 0.782. The van der Waals surface area contributed by atoms with Crippen LogP contribution in [0, 0.1) is 0 Å². The average molecular weight is 468 g/mol. The highest BCUT2D eigenvalue weighted by Gasteiger charge is 2.47. The molecule has 1 saturated heterocycles. The number of halogens is 1. The van der Waals surface area contributed by atoms with E-state index in [1.807, 2.05) is 19.1 Å². The highest BCUT2D eigenvalue weighted by Crippen LogP contribution is 2.42. The monoisotopic (exact) mass is 467 g/mol. The molecule has 2 heterocycles. The Morgan fingerprint density at radius 3 is 2.64 bits per heavy atom. The van der Waals surface area contributed by atoms with E-state index in [1.165, 1.54) is 24.3 Å². The number of ketones is 1. The zero-order chi connectivity index (χ0) is 23.5. The molecule has 0 aliphatic carbocycles. The molecule has 1 aromatic heterocycles. The Morgan fingerprint density at radius 1 is 1.15 bits per heavy atom. The molecule has 1 unspecified atom stereocenters. The lowest BCUT2D eigenvalue weighted by molar-refractivity contribution is -0.140. The van der Waals surface area contributed by atoms with Gasteiger partial charge >= 0.3 is 0 Å². The average Bonchev–Trinajstić information content (AvgIpc) is 3.43. The van der Waals surface area contributed by atoms with Gasteiger partial charge in [0.05, 0.1) is 37.1 Å². The zero-order valence-corrected chi connectivity index (χ0v) is 18.8. The van der Waals surface area contributed by atoms with E-state index < -0.39 is 23.5 Å². The summed E-state index contributed by atoms with van der Waals surface area (Å²) in [6.07, 6.45) is 1.45. The number of carbonyl (C=O) groups is 2. The van der Waals surface area contributed by atoms with Gasteiger partial charge in [-0.1, -0.05) is 29.8 Å². The molecule has 1 aliphatic heterocycles. The summed E-state index contributed by atoms with van der Waals surface area (Å²) >= 11 is 6.33. The smallest absolute Gasteiger partial charge is 0.296 e. The topological polar surface area (TPSA) is 89.2 Å². The lowest BCUT2D eigenvalue weighted by atomic mass is 9.99. The van der Waals surface area contributed by atoms with E-state index in [2.05, 4.69) is 0 Å². The second-order valence-corrected chi connectivity index (χ2v) is 7.74. The molecule has 7 nitrogen and oxygen atoms in total. The number of likely N-dealkylation sites (tertiary alicyclic amines) is 1. The highest BCUT2D eigenvalue weighted by atomic mass is 35.5. The van der Waals surface area contributed by atoms with Gasteiger partial charge in [-0.15, -0.1) is 0 Å². The second kappa shape index (κ2) is 9.42. The fourth-order valence-electron chi connectivity index (χ4n) is 3.89. The number of Topliss-reactive ketones (excluding diaryl/α,β-unsaturated/α-hetero) is 1. The van der Waals surface area contributed by atoms with Gasteiger partial charge in [0.1, 0.15) is 29.1 Å². The third-order valence-corrected chi connectivity index (χ3v) is 5.72. The van der Waals surface area contributed by atoms with Crippen LogP contribution in [0.25, 0.3) is 5.76 Å². The van der Waals surface area contributed by atoms with Crippen molar-refractivity contribution < 1.29 is 28.6 Å². The Morgan fingerprint density at radius 2 is 1.94 bits per heavy atom. The quantitative estimate of drug-likeness (QED) is 0.300. The van der Waals surface area contributed by atoms with E-state index in [-0.39, 0.29) is 22.7 Å². The Bertz CT molecular complexity index is 1220. The first-order valence-corrected chi connectivity index (χ1v) is 10.7. The van der Waals surface area contributed by atoms with Crippen molar-refractivity contribution in [2.45, 2.75) is 19.5 Å². The van der Waals surface area contributed by atoms with Crippen molar-refractivity contribution in [1.29, 1.82) is 0 Å². The molecule has 0 radical (unpaired) electrons. The first-order chi connectivity index (χ1) is 16.0. The predicted octanol–water partition coefficient (Wildman–Crippen LogP) is 4.96. The van der Waals surface area contributed by atoms with E-state index >= 15 is 0 Å². The molecule has 8 heteroatoms. The normalized spacial score (nSPS) is 17.4. The van der Waals surface area contributed by atoms with E-state index in [4.69, 9.17) is 25.5 Å². The van der Waals surface area contributed by atoms with Crippen molar-refractivity contribution in [3.8, 4) is 11.5 Å². The maximum atomic E-state index is 13.1. The SMILES string of the molecule is CCOc1ccc(Cl)c(/C(O)=C2/C(=O)C(=O)N(Cc3ccccc3OC)C2c2ccco2)c1. The Balaban J connectivity index is 1.85. The van der Waals surface area contributed by atoms with Crippen molar-refractivity contribution in [3.63, 3.8) is 0 Å². The van der Waals surface area contributed by atoms with Crippen molar-refractivity contribution in [3.05, 3.63) is 88.3 Å². The third kappa shape index (κ3) is 4.19. The van der Waals surface area contributed by atoms with Crippen molar-refractivity contribution >= 4 is 29.1 Å². The van der Waals surface area contributed by atoms with Crippen LogP contribution in [0.2, 0.25) is 5.02 Å². The minimum atomic E-state index is -0.947. The van der Waals surface area contributed by atoms with Gasteiger partial charge in [-0.05, 0) is 43.3 Å². The highest BCUT2D eigenvalue weighted by molar-refractivity contribution is 6.46. The van der Waals surface area contributed by atoms with E-state index in [0.717, 1.165) is 0 Å². The zero-order valence-electron chi connectivity index (χ0n) is 18.1. The van der Waals surface area contributed by atoms with Crippen LogP contribution in [0.1, 0.15) is 29.9 Å². The maximum absolute atomic E-state index is 13.1. The number of benzene rings is 2. The van der Waals surface area contributed by atoms with E-state index in [0.29, 0.717) is 29.4 Å². The van der Waals surface area contributed by atoms with Gasteiger partial charge in [0, 0.05) is 11.1 Å². The van der Waals surface area contributed by atoms with Crippen LogP contribution in [0.5, 0.6) is 11.5 Å². The number of aliphatic hydroxyl groups is 1. The minimum Gasteiger partial charge on any atom is -0.507 e. The standard InChI is InChI=1S/C25H22ClNO6/c1-3-32-16-10-11-18(26)17(13-16)23(28)21-22(20-9-6-12-33-20)27(25(30)24(21)29)14-15-7-4-5-8-19(15)31-2/h4-13,22,28H,3,14H2,1-2H3/b23-21-. The van der Waals surface area contributed by atoms with Crippen molar-refractivity contribution in [2.24, 2.45) is 0 Å². The molecule has 1 N–H and O–H groups in total. The fourth-order valence-corrected chi connectivity index (χ4v) is 4.10. The van der Waals surface area contributed by atoms with Crippen LogP contribution in [0.3, 0.4) is 0 Å². The third-order valence-electron chi connectivity index (χ3n) is 5.39. The summed E-state index contributed by atoms with van der Waals surface area (Å²) in [5.74, 6) is -0.611. The predicted molar refractivity (Wildman–Crippen MR) is 122 cm³/mol. The molecule has 0 spiro atoms. The fraction of sp³-hybridized carbons (Fsp3) is 0.200. The van der Waals surface area contributed by atoms with Gasteiger partial charge in [0.2, 0.25) is 0 Å². The van der Waals surface area contributed by atoms with Crippen molar-refractivity contribution in [2.75, 3.05) is 13.7 Å². The molecule has 1 atom stereocenters. The Hall–Kier alpha value is -3.71. The van der Waals surface area contributed by atoms with Gasteiger partial charge in [0.25, 0.3) is 11.7 Å². The number of para-hydroxylation sites is 1. The molecule has 33 heavy (non-hydrogen) atoms. The van der Waals surface area contributed by atoms with Gasteiger partial charge < -0.3 is 23.9 Å². The number of aliphatic hydroxyl groups excluding tert-OH is 1. The van der Waals surface area contributed by atoms with Crippen molar-refractivity contribution in [1.82, 2.24) is 4.90 Å². The van der Waals surface area contributed by atoms with Crippen LogP contribution in [-0.2, 0) is 16.1 Å². The largest absolute Gasteiger partial charge is 0.507 e. The summed E-state index contributed by atoms with van der Waals surface area (Å²) in [6, 6.07) is 14.3. The Labute approximate surface area is 195 Å². The molecular formula is C25H22ClNO6. The van der Waals surface area contributed by atoms with Crippen LogP contribution < -0.4 is 9.47 Å². The van der Waals surface area contributed by atoms with E-state index in [9.17, 15) is 14.7 Å². The number of nitrogens with zero attached hydrogens (tertiary/aromatic N) is 1. The van der Waals surface area contributed by atoms with Gasteiger partial charge in [-0.2, -0.15) is 0 Å². The number of methoxy groups -OCH3 is 1. The number of hydrogen-bond acceptors (Lipinski definition) is 6. The lowest BCUT2D eigenvalue weighted by Gasteiger charge is -2.24. The number of furan rings is 1. The molecule has 1 amide bonds. The second-order valence-electron chi connectivity index (χ2n) is 7.33. The molecule has 2 aromatic carbocycles. The van der Waals surface area contributed by atoms with E-state index in [1.54, 1.807) is 36.4 Å². The van der Waals surface area contributed by atoms with Crippen LogP contribution in [-0.4, -0.2) is 35.4 Å². The minimum absolute atomic E-state index is 0.0729. The van der Waals surface area contributed by atoms with Crippen LogP contribution >= 0.6 is 11.6 Å². The molecule has 0 bridgehead atoms. The summed E-state index contributed by atoms with van der Waals surface area (Å²) in [5, 5.41) is 11.4. The maximum Gasteiger partial charge on any atom is 0.296 e. The molecule has 1 fully saturated rings. The van der Waals surface area contributed by atoms with Gasteiger partial charge in [-0.3, -0.25) is 9.59 Å².